The molecule has 0 saturated heterocycles. The standard InChI is InChI=1S/C14H11BrFN3/c1-8-12-11(15)7-19(2)14(12)18-13(17-8)9-4-3-5-10(16)6-9/h3-7H,1-2H3. The van der Waals surface area contributed by atoms with Crippen LogP contribution in [0.5, 0.6) is 0 Å². The molecular weight excluding hydrogens is 309 g/mol. The fourth-order valence-corrected chi connectivity index (χ4v) is 2.92. The molecule has 3 aromatic rings. The molecule has 0 aliphatic heterocycles. The summed E-state index contributed by atoms with van der Waals surface area (Å²) in [5.74, 6) is 0.255. The highest BCUT2D eigenvalue weighted by Crippen LogP contribution is 2.28. The van der Waals surface area contributed by atoms with Gasteiger partial charge in [0.1, 0.15) is 11.5 Å². The van der Waals surface area contributed by atoms with Crippen LogP contribution < -0.4 is 0 Å². The highest BCUT2D eigenvalue weighted by atomic mass is 79.9. The zero-order valence-corrected chi connectivity index (χ0v) is 12.1. The van der Waals surface area contributed by atoms with Gasteiger partial charge in [-0.1, -0.05) is 12.1 Å². The molecule has 0 radical (unpaired) electrons. The summed E-state index contributed by atoms with van der Waals surface area (Å²) in [6, 6.07) is 6.32. The number of fused-ring (bicyclic) bond motifs is 1. The van der Waals surface area contributed by atoms with Crippen LogP contribution in [0, 0.1) is 12.7 Å². The second-order valence-electron chi connectivity index (χ2n) is 4.43. The van der Waals surface area contributed by atoms with E-state index in [4.69, 9.17) is 0 Å². The van der Waals surface area contributed by atoms with Gasteiger partial charge in [-0.2, -0.15) is 0 Å². The van der Waals surface area contributed by atoms with Crippen molar-refractivity contribution in [2.75, 3.05) is 0 Å². The van der Waals surface area contributed by atoms with Crippen LogP contribution in [0.4, 0.5) is 4.39 Å². The van der Waals surface area contributed by atoms with Crippen LogP contribution in [0.1, 0.15) is 5.69 Å². The number of nitrogens with zero attached hydrogens (tertiary/aromatic N) is 3. The number of hydrogen-bond acceptors (Lipinski definition) is 2. The van der Waals surface area contributed by atoms with Gasteiger partial charge in [-0.15, -0.1) is 0 Å². The van der Waals surface area contributed by atoms with Crippen molar-refractivity contribution in [2.45, 2.75) is 6.92 Å². The molecular formula is C14H11BrFN3. The summed E-state index contributed by atoms with van der Waals surface area (Å²) in [4.78, 5) is 8.99. The summed E-state index contributed by atoms with van der Waals surface area (Å²) in [6.07, 6.45) is 1.95. The normalized spacial score (nSPS) is 11.2. The van der Waals surface area contributed by atoms with Gasteiger partial charge in [-0.05, 0) is 35.0 Å². The predicted octanol–water partition coefficient (Wildman–Crippen LogP) is 3.85. The molecule has 3 rings (SSSR count). The number of rotatable bonds is 1. The van der Waals surface area contributed by atoms with Crippen molar-refractivity contribution in [3.8, 4) is 11.4 Å². The Labute approximate surface area is 118 Å². The third kappa shape index (κ3) is 2.04. The molecule has 0 N–H and O–H groups in total. The summed E-state index contributed by atoms with van der Waals surface area (Å²) in [5.41, 5.74) is 2.39. The van der Waals surface area contributed by atoms with E-state index in [0.717, 1.165) is 21.2 Å². The molecule has 0 atom stereocenters. The van der Waals surface area contributed by atoms with E-state index in [1.807, 2.05) is 30.8 Å². The van der Waals surface area contributed by atoms with Crippen molar-refractivity contribution in [1.29, 1.82) is 0 Å². The Morgan fingerprint density at radius 3 is 2.79 bits per heavy atom. The first-order chi connectivity index (χ1) is 9.06. The van der Waals surface area contributed by atoms with Gasteiger partial charge in [0.2, 0.25) is 0 Å². The first-order valence-corrected chi connectivity index (χ1v) is 6.60. The van der Waals surface area contributed by atoms with Gasteiger partial charge >= 0.3 is 0 Å². The van der Waals surface area contributed by atoms with Crippen molar-refractivity contribution in [3.05, 3.63) is 46.4 Å². The fourth-order valence-electron chi connectivity index (χ4n) is 2.14. The number of aryl methyl sites for hydroxylation is 2. The first kappa shape index (κ1) is 12.3. The Kier molecular flexibility index (Phi) is 2.86. The highest BCUT2D eigenvalue weighted by molar-refractivity contribution is 9.10. The van der Waals surface area contributed by atoms with E-state index in [2.05, 4.69) is 25.9 Å². The molecule has 5 heteroatoms. The Hall–Kier alpha value is -1.75. The molecule has 0 saturated carbocycles. The fraction of sp³-hybridized carbons (Fsp3) is 0.143. The maximum absolute atomic E-state index is 13.3. The van der Waals surface area contributed by atoms with Gasteiger partial charge in [0.05, 0.1) is 11.1 Å². The van der Waals surface area contributed by atoms with Crippen molar-refractivity contribution < 1.29 is 4.39 Å². The van der Waals surface area contributed by atoms with Crippen molar-refractivity contribution in [3.63, 3.8) is 0 Å². The van der Waals surface area contributed by atoms with Crippen LogP contribution in [0.25, 0.3) is 22.4 Å². The number of hydrogen-bond donors (Lipinski definition) is 0. The van der Waals surface area contributed by atoms with E-state index in [9.17, 15) is 4.39 Å². The molecule has 19 heavy (non-hydrogen) atoms. The van der Waals surface area contributed by atoms with E-state index in [-0.39, 0.29) is 5.82 Å². The van der Waals surface area contributed by atoms with Gasteiger partial charge in [0, 0.05) is 23.3 Å². The molecule has 0 aliphatic carbocycles. The second-order valence-corrected chi connectivity index (χ2v) is 5.28. The summed E-state index contributed by atoms with van der Waals surface area (Å²) in [6.45, 7) is 1.93. The van der Waals surface area contributed by atoms with E-state index >= 15 is 0 Å². The Morgan fingerprint density at radius 1 is 1.26 bits per heavy atom. The van der Waals surface area contributed by atoms with E-state index in [1.165, 1.54) is 12.1 Å². The van der Waals surface area contributed by atoms with Gasteiger partial charge in [-0.25, -0.2) is 14.4 Å². The number of aromatic nitrogens is 3. The Balaban J connectivity index is 2.29. The first-order valence-electron chi connectivity index (χ1n) is 5.81. The van der Waals surface area contributed by atoms with Crippen molar-refractivity contribution in [2.24, 2.45) is 7.05 Å². The van der Waals surface area contributed by atoms with E-state index in [1.54, 1.807) is 6.07 Å². The van der Waals surface area contributed by atoms with Crippen LogP contribution in [0.3, 0.4) is 0 Å². The van der Waals surface area contributed by atoms with Crippen molar-refractivity contribution in [1.82, 2.24) is 14.5 Å². The van der Waals surface area contributed by atoms with E-state index in [0.29, 0.717) is 11.4 Å². The van der Waals surface area contributed by atoms with Crippen LogP contribution >= 0.6 is 15.9 Å². The molecule has 0 bridgehead atoms. The minimum absolute atomic E-state index is 0.285. The van der Waals surface area contributed by atoms with Crippen molar-refractivity contribution >= 4 is 27.0 Å². The Morgan fingerprint density at radius 2 is 2.05 bits per heavy atom. The summed E-state index contributed by atoms with van der Waals surface area (Å²) >= 11 is 3.50. The summed E-state index contributed by atoms with van der Waals surface area (Å²) < 4.78 is 16.2. The topological polar surface area (TPSA) is 30.7 Å². The molecule has 1 aromatic carbocycles. The van der Waals surface area contributed by atoms with Gasteiger partial charge in [-0.3, -0.25) is 0 Å². The summed E-state index contributed by atoms with van der Waals surface area (Å²) in [5, 5.41) is 0.989. The molecule has 3 nitrogen and oxygen atoms in total. The third-order valence-electron chi connectivity index (χ3n) is 3.03. The van der Waals surface area contributed by atoms with Gasteiger partial charge < -0.3 is 4.57 Å². The molecule has 2 heterocycles. The molecule has 0 spiro atoms. The lowest BCUT2D eigenvalue weighted by Crippen LogP contribution is -1.96. The molecule has 0 fully saturated rings. The predicted molar refractivity (Wildman–Crippen MR) is 76.3 cm³/mol. The average Bonchev–Trinajstić information content (AvgIpc) is 2.65. The van der Waals surface area contributed by atoms with Crippen LogP contribution in [-0.4, -0.2) is 14.5 Å². The smallest absolute Gasteiger partial charge is 0.161 e. The summed E-state index contributed by atoms with van der Waals surface area (Å²) in [7, 11) is 1.93. The average molecular weight is 320 g/mol. The number of halogens is 2. The monoisotopic (exact) mass is 319 g/mol. The third-order valence-corrected chi connectivity index (χ3v) is 3.63. The van der Waals surface area contributed by atoms with Crippen LogP contribution in [-0.2, 0) is 7.05 Å². The zero-order chi connectivity index (χ0) is 13.6. The minimum Gasteiger partial charge on any atom is -0.334 e. The SMILES string of the molecule is Cc1nc(-c2cccc(F)c2)nc2c1c(Br)cn2C. The zero-order valence-electron chi connectivity index (χ0n) is 10.5. The van der Waals surface area contributed by atoms with Crippen LogP contribution in [0.2, 0.25) is 0 Å². The molecule has 96 valence electrons. The van der Waals surface area contributed by atoms with Gasteiger partial charge in [0.25, 0.3) is 0 Å². The highest BCUT2D eigenvalue weighted by Gasteiger charge is 2.13. The van der Waals surface area contributed by atoms with Crippen LogP contribution in [0.15, 0.2) is 34.9 Å². The second kappa shape index (κ2) is 4.42. The molecule has 0 amide bonds. The molecule has 0 aliphatic rings. The largest absolute Gasteiger partial charge is 0.334 e. The molecule has 0 unspecified atom stereocenters. The minimum atomic E-state index is -0.285. The quantitative estimate of drug-likeness (QED) is 0.682. The lowest BCUT2D eigenvalue weighted by atomic mass is 10.2. The van der Waals surface area contributed by atoms with Gasteiger partial charge in [0.15, 0.2) is 5.82 Å². The lowest BCUT2D eigenvalue weighted by Gasteiger charge is -2.04. The Bertz CT molecular complexity index is 780. The maximum atomic E-state index is 13.3. The maximum Gasteiger partial charge on any atom is 0.161 e. The lowest BCUT2D eigenvalue weighted by molar-refractivity contribution is 0.628. The molecule has 2 aromatic heterocycles. The van der Waals surface area contributed by atoms with E-state index < -0.39 is 0 Å². The number of benzene rings is 1.